The number of benzene rings is 1. The molecule has 0 aromatic heterocycles. The summed E-state index contributed by atoms with van der Waals surface area (Å²) in [7, 11) is 0. The lowest BCUT2D eigenvalue weighted by molar-refractivity contribution is -0.145. The van der Waals surface area contributed by atoms with Gasteiger partial charge in [0, 0.05) is 0 Å². The second-order valence-electron chi connectivity index (χ2n) is 5.86. The predicted octanol–water partition coefficient (Wildman–Crippen LogP) is 3.60. The van der Waals surface area contributed by atoms with Crippen LogP contribution in [0.3, 0.4) is 0 Å². The summed E-state index contributed by atoms with van der Waals surface area (Å²) in [4.78, 5) is 24.4. The van der Waals surface area contributed by atoms with E-state index in [1.165, 1.54) is 0 Å². The van der Waals surface area contributed by atoms with E-state index in [-0.39, 0.29) is 23.8 Å². The maximum atomic E-state index is 12.2. The lowest BCUT2D eigenvalue weighted by Gasteiger charge is -2.25. The van der Waals surface area contributed by atoms with Crippen LogP contribution in [0.15, 0.2) is 48.5 Å². The molecule has 4 nitrogen and oxygen atoms in total. The third-order valence-corrected chi connectivity index (χ3v) is 4.19. The minimum atomic E-state index is -0.263. The van der Waals surface area contributed by atoms with Gasteiger partial charge in [-0.05, 0) is 62.1 Å². The molecule has 0 saturated heterocycles. The van der Waals surface area contributed by atoms with Crippen LogP contribution in [0.5, 0.6) is 11.5 Å². The van der Waals surface area contributed by atoms with Gasteiger partial charge in [0.2, 0.25) is 0 Å². The van der Waals surface area contributed by atoms with Crippen LogP contribution in [0.25, 0.3) is 0 Å². The molecule has 2 aromatic rings. The molecule has 24 heavy (non-hydrogen) atoms. The Morgan fingerprint density at radius 1 is 0.833 bits per heavy atom. The molecule has 0 amide bonds. The van der Waals surface area contributed by atoms with Gasteiger partial charge in [0.25, 0.3) is 0 Å². The molecule has 122 valence electrons. The molecule has 1 aliphatic rings. The molecule has 0 N–H and O–H groups in total. The van der Waals surface area contributed by atoms with Gasteiger partial charge in [0.1, 0.15) is 5.75 Å². The van der Waals surface area contributed by atoms with Gasteiger partial charge in [-0.25, -0.2) is 0 Å². The largest absolute Gasteiger partial charge is 0.426 e. The highest BCUT2D eigenvalue weighted by molar-refractivity contribution is 5.77. The first kappa shape index (κ1) is 16.1. The van der Waals surface area contributed by atoms with Crippen LogP contribution in [0.1, 0.15) is 25.7 Å². The molecule has 0 heterocycles. The molecule has 1 fully saturated rings. The van der Waals surface area contributed by atoms with E-state index in [2.05, 4.69) is 12.1 Å². The second kappa shape index (κ2) is 7.65. The van der Waals surface area contributed by atoms with Gasteiger partial charge in [0.15, 0.2) is 5.75 Å². The summed E-state index contributed by atoms with van der Waals surface area (Å²) in [5, 5.41) is 0. The summed E-state index contributed by atoms with van der Waals surface area (Å²) < 4.78 is 10.7. The van der Waals surface area contributed by atoms with Gasteiger partial charge < -0.3 is 9.47 Å². The van der Waals surface area contributed by atoms with E-state index in [1.807, 2.05) is 18.2 Å². The molecule has 0 bridgehead atoms. The fraction of sp³-hybridized carbons (Fsp3) is 0.300. The fourth-order valence-electron chi connectivity index (χ4n) is 2.84. The fourth-order valence-corrected chi connectivity index (χ4v) is 2.84. The zero-order valence-electron chi connectivity index (χ0n) is 13.2. The number of ether oxygens (including phenoxy) is 2. The first-order chi connectivity index (χ1) is 11.7. The first-order valence-electron chi connectivity index (χ1n) is 8.09. The average Bonchev–Trinajstić information content (AvgIpc) is 2.63. The van der Waals surface area contributed by atoms with E-state index in [0.29, 0.717) is 37.2 Å². The quantitative estimate of drug-likeness (QED) is 0.637. The Morgan fingerprint density at radius 2 is 1.46 bits per heavy atom. The van der Waals surface area contributed by atoms with Crippen molar-refractivity contribution in [3.63, 3.8) is 0 Å². The van der Waals surface area contributed by atoms with Crippen LogP contribution in [0, 0.1) is 24.0 Å². The topological polar surface area (TPSA) is 52.6 Å². The SMILES string of the molecule is O=C(Oc1c#cccc1)C1CCC(C(=O)Oc2ccccc2)CC1. The van der Waals surface area contributed by atoms with Crippen LogP contribution < -0.4 is 9.47 Å². The number of carbonyl (C=O) groups excluding carboxylic acids is 2. The summed E-state index contributed by atoms with van der Waals surface area (Å²) in [6.45, 7) is 0. The van der Waals surface area contributed by atoms with Crippen molar-refractivity contribution in [2.75, 3.05) is 0 Å². The zero-order chi connectivity index (χ0) is 16.8. The Morgan fingerprint density at radius 3 is 2.04 bits per heavy atom. The van der Waals surface area contributed by atoms with Crippen LogP contribution in [0.2, 0.25) is 0 Å². The maximum Gasteiger partial charge on any atom is 0.314 e. The third-order valence-electron chi connectivity index (χ3n) is 4.19. The van der Waals surface area contributed by atoms with Crippen molar-refractivity contribution in [2.45, 2.75) is 25.7 Å². The van der Waals surface area contributed by atoms with E-state index in [4.69, 9.17) is 9.47 Å². The van der Waals surface area contributed by atoms with Crippen molar-refractivity contribution >= 4 is 11.9 Å². The minimum Gasteiger partial charge on any atom is -0.426 e. The Kier molecular flexibility index (Phi) is 5.12. The molecule has 4 heteroatoms. The number of esters is 2. The Balaban J connectivity index is 1.48. The predicted molar refractivity (Wildman–Crippen MR) is 87.3 cm³/mol. The second-order valence-corrected chi connectivity index (χ2v) is 5.86. The van der Waals surface area contributed by atoms with E-state index in [9.17, 15) is 9.59 Å². The third kappa shape index (κ3) is 4.14. The highest BCUT2D eigenvalue weighted by Gasteiger charge is 2.32. The highest BCUT2D eigenvalue weighted by Crippen LogP contribution is 2.31. The van der Waals surface area contributed by atoms with Crippen molar-refractivity contribution in [3.05, 3.63) is 60.7 Å². The minimum absolute atomic E-state index is 0.161. The molecule has 1 saturated carbocycles. The van der Waals surface area contributed by atoms with E-state index >= 15 is 0 Å². The van der Waals surface area contributed by atoms with Crippen molar-refractivity contribution in [3.8, 4) is 11.5 Å². The molecule has 1 aliphatic carbocycles. The van der Waals surface area contributed by atoms with Crippen LogP contribution in [-0.4, -0.2) is 11.9 Å². The van der Waals surface area contributed by atoms with Gasteiger partial charge in [-0.3, -0.25) is 9.59 Å². The van der Waals surface area contributed by atoms with Gasteiger partial charge in [-0.1, -0.05) is 24.3 Å². The normalized spacial score (nSPS) is 19.8. The van der Waals surface area contributed by atoms with Crippen LogP contribution in [-0.2, 0) is 9.59 Å². The zero-order valence-corrected chi connectivity index (χ0v) is 13.2. The molecular weight excluding hydrogens is 304 g/mol. The lowest BCUT2D eigenvalue weighted by Crippen LogP contribution is -2.30. The van der Waals surface area contributed by atoms with E-state index in [1.54, 1.807) is 30.3 Å². The number of hydrogen-bond acceptors (Lipinski definition) is 4. The van der Waals surface area contributed by atoms with Gasteiger partial charge >= 0.3 is 11.9 Å². The Labute approximate surface area is 141 Å². The molecule has 0 aliphatic heterocycles. The molecule has 0 unspecified atom stereocenters. The molecule has 2 aromatic carbocycles. The molecular formula is C20H18O4. The van der Waals surface area contributed by atoms with Crippen molar-refractivity contribution < 1.29 is 19.1 Å². The summed E-state index contributed by atoms with van der Waals surface area (Å²) in [6, 6.07) is 19.7. The average molecular weight is 322 g/mol. The Bertz CT molecular complexity index is 612. The van der Waals surface area contributed by atoms with Crippen LogP contribution >= 0.6 is 0 Å². The highest BCUT2D eigenvalue weighted by atomic mass is 16.5. The maximum absolute atomic E-state index is 12.2. The van der Waals surface area contributed by atoms with Gasteiger partial charge in [0.05, 0.1) is 11.8 Å². The van der Waals surface area contributed by atoms with E-state index in [0.717, 1.165) is 0 Å². The summed E-state index contributed by atoms with van der Waals surface area (Å²) >= 11 is 0. The Hall–Kier alpha value is -2.80. The van der Waals surface area contributed by atoms with Crippen molar-refractivity contribution in [1.82, 2.24) is 0 Å². The number of hydrogen-bond donors (Lipinski definition) is 0. The summed E-state index contributed by atoms with van der Waals surface area (Å²) in [6.07, 6.45) is 2.53. The number of para-hydroxylation sites is 1. The van der Waals surface area contributed by atoms with Crippen molar-refractivity contribution in [1.29, 1.82) is 0 Å². The lowest BCUT2D eigenvalue weighted by atomic mass is 9.82. The summed E-state index contributed by atoms with van der Waals surface area (Å²) in [5.41, 5.74) is 0. The first-order valence-corrected chi connectivity index (χ1v) is 8.09. The van der Waals surface area contributed by atoms with Crippen LogP contribution in [0.4, 0.5) is 0 Å². The molecule has 0 atom stereocenters. The smallest absolute Gasteiger partial charge is 0.314 e. The molecule has 0 spiro atoms. The standard InChI is InChI=1S/C20H18O4/c21-19(23-17-7-3-1-4-8-17)15-11-13-16(14-12-15)20(22)24-18-9-5-2-6-10-18/h1-5,7-9,15-16H,11-14H2. The number of carbonyl (C=O) groups is 2. The number of rotatable bonds is 4. The monoisotopic (exact) mass is 322 g/mol. The summed E-state index contributed by atoms with van der Waals surface area (Å²) in [5.74, 6) is 0.109. The molecule has 3 rings (SSSR count). The van der Waals surface area contributed by atoms with E-state index < -0.39 is 0 Å². The van der Waals surface area contributed by atoms with Gasteiger partial charge in [-0.2, -0.15) is 0 Å². The van der Waals surface area contributed by atoms with Crippen molar-refractivity contribution in [2.24, 2.45) is 11.8 Å². The molecule has 0 radical (unpaired) electrons. The van der Waals surface area contributed by atoms with Gasteiger partial charge in [-0.15, -0.1) is 0 Å².